The fourth-order valence-electron chi connectivity index (χ4n) is 1.97. The van der Waals surface area contributed by atoms with Gasteiger partial charge in [-0.15, -0.1) is 4.91 Å². The lowest BCUT2D eigenvalue weighted by Gasteiger charge is -2.02. The molecule has 0 aliphatic rings. The molecule has 94 valence electrons. The molecule has 1 aromatic carbocycles. The summed E-state index contributed by atoms with van der Waals surface area (Å²) in [4.78, 5) is 11.0. The summed E-state index contributed by atoms with van der Waals surface area (Å²) in [6.45, 7) is 6.17. The Balaban J connectivity index is 2.51. The summed E-state index contributed by atoms with van der Waals surface area (Å²) in [6, 6.07) is 9.61. The number of aromatic nitrogens is 2. The van der Waals surface area contributed by atoms with Gasteiger partial charge < -0.3 is 0 Å². The first kappa shape index (κ1) is 12.5. The molecule has 0 N–H and O–H groups in total. The van der Waals surface area contributed by atoms with E-state index in [-0.39, 0.29) is 0 Å². The summed E-state index contributed by atoms with van der Waals surface area (Å²) in [5.41, 5.74) is 2.69. The van der Waals surface area contributed by atoms with Crippen molar-refractivity contribution in [3.05, 3.63) is 46.5 Å². The molecule has 0 fully saturated rings. The largest absolute Gasteiger partial charge is 0.212 e. The third-order valence-electron chi connectivity index (χ3n) is 2.88. The van der Waals surface area contributed by atoms with Crippen LogP contribution in [0.4, 0.5) is 5.82 Å². The van der Waals surface area contributed by atoms with Crippen LogP contribution in [0.1, 0.15) is 25.1 Å². The smallest absolute Gasteiger partial charge is 0.203 e. The van der Waals surface area contributed by atoms with E-state index >= 15 is 0 Å². The van der Waals surface area contributed by atoms with Crippen molar-refractivity contribution in [1.82, 2.24) is 9.78 Å². The molecule has 0 saturated heterocycles. The van der Waals surface area contributed by atoms with Gasteiger partial charge in [0.25, 0.3) is 0 Å². The standard InChI is InChI=1S/C14H17N3O/c1-10(2)9-13-11(3)14(16-18)17(15-13)12-7-5-4-6-8-12/h4-8,10H,9H2,1-3H3. The van der Waals surface area contributed by atoms with Crippen molar-refractivity contribution in [3.8, 4) is 5.69 Å². The topological polar surface area (TPSA) is 47.2 Å². The van der Waals surface area contributed by atoms with Gasteiger partial charge in [0, 0.05) is 5.56 Å². The van der Waals surface area contributed by atoms with Gasteiger partial charge >= 0.3 is 0 Å². The van der Waals surface area contributed by atoms with Crippen LogP contribution < -0.4 is 0 Å². The van der Waals surface area contributed by atoms with Crippen molar-refractivity contribution in [1.29, 1.82) is 0 Å². The van der Waals surface area contributed by atoms with Gasteiger partial charge in [-0.25, -0.2) is 4.68 Å². The molecule has 0 spiro atoms. The lowest BCUT2D eigenvalue weighted by molar-refractivity contribution is 0.626. The van der Waals surface area contributed by atoms with E-state index in [9.17, 15) is 4.91 Å². The highest BCUT2D eigenvalue weighted by atomic mass is 16.3. The molecule has 1 aromatic heterocycles. The molecule has 2 aromatic rings. The van der Waals surface area contributed by atoms with Gasteiger partial charge in [0.05, 0.1) is 11.4 Å². The second kappa shape index (κ2) is 5.12. The Hall–Kier alpha value is -1.97. The summed E-state index contributed by atoms with van der Waals surface area (Å²) in [7, 11) is 0. The van der Waals surface area contributed by atoms with Crippen molar-refractivity contribution >= 4 is 5.82 Å². The van der Waals surface area contributed by atoms with Crippen LogP contribution in [0.15, 0.2) is 35.5 Å². The average molecular weight is 243 g/mol. The van der Waals surface area contributed by atoms with Crippen molar-refractivity contribution in [2.45, 2.75) is 27.2 Å². The third kappa shape index (κ3) is 2.32. The molecule has 4 heteroatoms. The van der Waals surface area contributed by atoms with E-state index in [0.29, 0.717) is 11.7 Å². The van der Waals surface area contributed by atoms with Gasteiger partial charge in [-0.05, 0) is 36.6 Å². The Bertz CT molecular complexity index is 544. The fraction of sp³-hybridized carbons (Fsp3) is 0.357. The summed E-state index contributed by atoms with van der Waals surface area (Å²) >= 11 is 0. The maximum absolute atomic E-state index is 11.0. The number of benzene rings is 1. The Kier molecular flexibility index (Phi) is 3.55. The first-order valence-corrected chi connectivity index (χ1v) is 6.10. The molecule has 18 heavy (non-hydrogen) atoms. The Morgan fingerprint density at radius 2 is 1.94 bits per heavy atom. The number of nitroso groups, excluding NO2 is 1. The van der Waals surface area contributed by atoms with Crippen molar-refractivity contribution in [2.24, 2.45) is 11.1 Å². The monoisotopic (exact) mass is 243 g/mol. The highest BCUT2D eigenvalue weighted by molar-refractivity contribution is 5.48. The van der Waals surface area contributed by atoms with Gasteiger partial charge in [0.2, 0.25) is 5.82 Å². The molecule has 2 rings (SSSR count). The average Bonchev–Trinajstić information content (AvgIpc) is 2.67. The van der Waals surface area contributed by atoms with E-state index in [1.807, 2.05) is 37.3 Å². The van der Waals surface area contributed by atoms with Crippen LogP contribution in [0.25, 0.3) is 5.69 Å². The minimum absolute atomic E-state index is 0.400. The Labute approximate surface area is 107 Å². The van der Waals surface area contributed by atoms with Crippen LogP contribution in [-0.2, 0) is 6.42 Å². The molecule has 0 atom stereocenters. The van der Waals surface area contributed by atoms with Crippen LogP contribution in [0.2, 0.25) is 0 Å². The van der Waals surface area contributed by atoms with E-state index in [4.69, 9.17) is 0 Å². The molecule has 1 heterocycles. The zero-order valence-corrected chi connectivity index (χ0v) is 10.9. The quantitative estimate of drug-likeness (QED) is 0.767. The molecule has 0 aliphatic carbocycles. The highest BCUT2D eigenvalue weighted by Gasteiger charge is 2.16. The van der Waals surface area contributed by atoms with Crippen molar-refractivity contribution < 1.29 is 0 Å². The van der Waals surface area contributed by atoms with E-state index < -0.39 is 0 Å². The lowest BCUT2D eigenvalue weighted by atomic mass is 10.1. The zero-order chi connectivity index (χ0) is 13.1. The fourth-order valence-corrected chi connectivity index (χ4v) is 1.97. The first-order chi connectivity index (χ1) is 8.63. The van der Waals surface area contributed by atoms with Gasteiger partial charge in [-0.2, -0.15) is 5.10 Å². The number of rotatable bonds is 4. The van der Waals surface area contributed by atoms with Crippen LogP contribution in [-0.4, -0.2) is 9.78 Å². The number of hydrogen-bond acceptors (Lipinski definition) is 3. The molecular weight excluding hydrogens is 226 g/mol. The summed E-state index contributed by atoms with van der Waals surface area (Å²) in [5.74, 6) is 0.902. The zero-order valence-electron chi connectivity index (χ0n) is 10.9. The Morgan fingerprint density at radius 1 is 1.28 bits per heavy atom. The lowest BCUT2D eigenvalue weighted by Crippen LogP contribution is -1.99. The summed E-state index contributed by atoms with van der Waals surface area (Å²) < 4.78 is 1.63. The third-order valence-corrected chi connectivity index (χ3v) is 2.88. The van der Waals surface area contributed by atoms with Crippen LogP contribution in [0.5, 0.6) is 0 Å². The van der Waals surface area contributed by atoms with Crippen LogP contribution >= 0.6 is 0 Å². The second-order valence-electron chi connectivity index (χ2n) is 4.83. The number of hydrogen-bond donors (Lipinski definition) is 0. The van der Waals surface area contributed by atoms with Crippen molar-refractivity contribution in [3.63, 3.8) is 0 Å². The molecule has 0 aliphatic heterocycles. The SMILES string of the molecule is Cc1c(CC(C)C)nn(-c2ccccc2)c1N=O. The summed E-state index contributed by atoms with van der Waals surface area (Å²) in [6.07, 6.45) is 0.855. The van der Waals surface area contributed by atoms with E-state index in [1.165, 1.54) is 0 Å². The summed E-state index contributed by atoms with van der Waals surface area (Å²) in [5, 5.41) is 7.64. The minimum atomic E-state index is 0.400. The molecule has 0 bridgehead atoms. The molecule has 0 radical (unpaired) electrons. The molecule has 4 nitrogen and oxygen atoms in total. The van der Waals surface area contributed by atoms with Gasteiger partial charge in [0.15, 0.2) is 0 Å². The molecular formula is C14H17N3O. The maximum Gasteiger partial charge on any atom is 0.203 e. The van der Waals surface area contributed by atoms with Gasteiger partial charge in [-0.1, -0.05) is 32.0 Å². The van der Waals surface area contributed by atoms with Crippen molar-refractivity contribution in [2.75, 3.05) is 0 Å². The number of nitrogens with zero attached hydrogens (tertiary/aromatic N) is 3. The van der Waals surface area contributed by atoms with Gasteiger partial charge in [-0.3, -0.25) is 0 Å². The minimum Gasteiger partial charge on any atom is -0.212 e. The Morgan fingerprint density at radius 3 is 2.50 bits per heavy atom. The molecule has 0 unspecified atom stereocenters. The number of para-hydroxylation sites is 1. The maximum atomic E-state index is 11.0. The highest BCUT2D eigenvalue weighted by Crippen LogP contribution is 2.26. The first-order valence-electron chi connectivity index (χ1n) is 6.10. The van der Waals surface area contributed by atoms with E-state index in [2.05, 4.69) is 24.1 Å². The second-order valence-corrected chi connectivity index (χ2v) is 4.83. The van der Waals surface area contributed by atoms with E-state index in [0.717, 1.165) is 23.4 Å². The normalized spacial score (nSPS) is 10.9. The van der Waals surface area contributed by atoms with E-state index in [1.54, 1.807) is 4.68 Å². The molecule has 0 amide bonds. The van der Waals surface area contributed by atoms with Crippen LogP contribution in [0, 0.1) is 17.7 Å². The predicted octanol–water partition coefficient (Wildman–Crippen LogP) is 3.78. The van der Waals surface area contributed by atoms with Gasteiger partial charge in [0.1, 0.15) is 0 Å². The molecule has 0 saturated carbocycles. The van der Waals surface area contributed by atoms with Crippen LogP contribution in [0.3, 0.4) is 0 Å². The predicted molar refractivity (Wildman–Crippen MR) is 72.3 cm³/mol.